The molecule has 0 saturated carbocycles. The molecule has 2 rings (SSSR count). The number of nitriles is 1. The van der Waals surface area contributed by atoms with Crippen molar-refractivity contribution in [2.45, 2.75) is 33.4 Å². The Kier molecular flexibility index (Phi) is 8.22. The van der Waals surface area contributed by atoms with Crippen molar-refractivity contribution in [3.05, 3.63) is 63.4 Å². The number of hydrogen-bond donors (Lipinski definition) is 1. The van der Waals surface area contributed by atoms with E-state index in [-0.39, 0.29) is 24.0 Å². The first-order chi connectivity index (χ1) is 13.8. The van der Waals surface area contributed by atoms with Gasteiger partial charge in [0.25, 0.3) is 5.91 Å². The van der Waals surface area contributed by atoms with Crippen LogP contribution in [0.4, 0.5) is 4.39 Å². The van der Waals surface area contributed by atoms with E-state index in [0.717, 1.165) is 0 Å². The highest BCUT2D eigenvalue weighted by Crippen LogP contribution is 2.35. The molecule has 0 aliphatic heterocycles. The molecule has 0 aromatic heterocycles. The minimum atomic E-state index is -0.452. The second-order valence-corrected chi connectivity index (χ2v) is 7.29. The highest BCUT2D eigenvalue weighted by molar-refractivity contribution is 9.10. The van der Waals surface area contributed by atoms with Crippen molar-refractivity contribution >= 4 is 27.9 Å². The number of carbonyl (C=O) groups is 1. The summed E-state index contributed by atoms with van der Waals surface area (Å²) in [6.45, 7) is 5.89. The molecule has 0 spiro atoms. The zero-order valence-electron chi connectivity index (χ0n) is 16.5. The lowest BCUT2D eigenvalue weighted by Crippen LogP contribution is -2.30. The summed E-state index contributed by atoms with van der Waals surface area (Å²) in [6.07, 6.45) is 1.48. The Hall–Kier alpha value is -2.85. The van der Waals surface area contributed by atoms with Crippen LogP contribution in [-0.4, -0.2) is 18.6 Å². The van der Waals surface area contributed by atoms with Crippen LogP contribution >= 0.6 is 15.9 Å². The summed E-state index contributed by atoms with van der Waals surface area (Å²) < 4.78 is 25.8. The van der Waals surface area contributed by atoms with E-state index in [0.29, 0.717) is 33.7 Å². The summed E-state index contributed by atoms with van der Waals surface area (Å²) >= 11 is 3.44. The van der Waals surface area contributed by atoms with Crippen LogP contribution in [0.2, 0.25) is 0 Å². The molecule has 1 N–H and O–H groups in total. The molecule has 2 aromatic carbocycles. The van der Waals surface area contributed by atoms with Crippen molar-refractivity contribution in [1.82, 2.24) is 5.32 Å². The van der Waals surface area contributed by atoms with Gasteiger partial charge in [0.2, 0.25) is 0 Å². The van der Waals surface area contributed by atoms with Crippen molar-refractivity contribution < 1.29 is 18.7 Å². The van der Waals surface area contributed by atoms with Gasteiger partial charge in [0.1, 0.15) is 24.1 Å². The van der Waals surface area contributed by atoms with E-state index in [1.807, 2.05) is 26.8 Å². The maximum absolute atomic E-state index is 13.8. The number of halogens is 2. The van der Waals surface area contributed by atoms with Crippen LogP contribution in [0.5, 0.6) is 11.5 Å². The topological polar surface area (TPSA) is 71.3 Å². The lowest BCUT2D eigenvalue weighted by atomic mass is 10.1. The Morgan fingerprint density at radius 1 is 1.28 bits per heavy atom. The van der Waals surface area contributed by atoms with Gasteiger partial charge in [0.15, 0.2) is 11.5 Å². The molecule has 29 heavy (non-hydrogen) atoms. The molecular formula is C22H22BrFN2O3. The van der Waals surface area contributed by atoms with Crippen molar-refractivity contribution in [3.63, 3.8) is 0 Å². The Morgan fingerprint density at radius 2 is 1.97 bits per heavy atom. The highest BCUT2D eigenvalue weighted by Gasteiger charge is 2.15. The van der Waals surface area contributed by atoms with Gasteiger partial charge < -0.3 is 14.8 Å². The monoisotopic (exact) mass is 460 g/mol. The van der Waals surface area contributed by atoms with Crippen LogP contribution < -0.4 is 14.8 Å². The van der Waals surface area contributed by atoms with Gasteiger partial charge in [-0.05, 0) is 50.6 Å². The van der Waals surface area contributed by atoms with E-state index in [1.165, 1.54) is 12.1 Å². The molecule has 1 amide bonds. The predicted molar refractivity (Wildman–Crippen MR) is 113 cm³/mol. The fourth-order valence-electron chi connectivity index (χ4n) is 2.46. The minimum Gasteiger partial charge on any atom is -0.490 e. The van der Waals surface area contributed by atoms with Crippen molar-refractivity contribution in [1.29, 1.82) is 5.26 Å². The summed E-state index contributed by atoms with van der Waals surface area (Å²) in [6, 6.07) is 11.5. The van der Waals surface area contributed by atoms with Crippen molar-refractivity contribution in [2.75, 3.05) is 6.61 Å². The molecule has 2 aromatic rings. The average molecular weight is 461 g/mol. The van der Waals surface area contributed by atoms with E-state index in [1.54, 1.807) is 30.3 Å². The number of nitrogens with zero attached hydrogens (tertiary/aromatic N) is 1. The molecule has 0 unspecified atom stereocenters. The second kappa shape index (κ2) is 10.6. The molecule has 0 radical (unpaired) electrons. The smallest absolute Gasteiger partial charge is 0.262 e. The number of amides is 1. The number of ether oxygens (including phenoxy) is 2. The molecule has 0 atom stereocenters. The third kappa shape index (κ3) is 6.33. The molecule has 152 valence electrons. The van der Waals surface area contributed by atoms with Gasteiger partial charge in [-0.1, -0.05) is 34.1 Å². The summed E-state index contributed by atoms with van der Waals surface area (Å²) in [5, 5.41) is 12.0. The van der Waals surface area contributed by atoms with Gasteiger partial charge in [0.05, 0.1) is 6.61 Å². The van der Waals surface area contributed by atoms with Gasteiger partial charge >= 0.3 is 0 Å². The number of nitrogens with one attached hydrogen (secondary N) is 1. The first kappa shape index (κ1) is 22.4. The van der Waals surface area contributed by atoms with E-state index in [2.05, 4.69) is 21.2 Å². The summed E-state index contributed by atoms with van der Waals surface area (Å²) in [5.74, 6) is 0.0512. The highest BCUT2D eigenvalue weighted by atomic mass is 79.9. The van der Waals surface area contributed by atoms with Crippen molar-refractivity contribution in [2.24, 2.45) is 0 Å². The summed E-state index contributed by atoms with van der Waals surface area (Å²) in [7, 11) is 0. The first-order valence-electron chi connectivity index (χ1n) is 9.10. The molecule has 0 saturated heterocycles. The van der Waals surface area contributed by atoms with E-state index in [4.69, 9.17) is 9.47 Å². The first-order valence-corrected chi connectivity index (χ1v) is 9.90. The van der Waals surface area contributed by atoms with Gasteiger partial charge in [-0.2, -0.15) is 5.26 Å². The molecule has 0 heterocycles. The second-order valence-electron chi connectivity index (χ2n) is 6.43. The van der Waals surface area contributed by atoms with Crippen LogP contribution in [0.3, 0.4) is 0 Å². The average Bonchev–Trinajstić information content (AvgIpc) is 2.67. The number of hydrogen-bond acceptors (Lipinski definition) is 4. The van der Waals surface area contributed by atoms with Gasteiger partial charge in [-0.25, -0.2) is 4.39 Å². The van der Waals surface area contributed by atoms with E-state index in [9.17, 15) is 14.4 Å². The number of carbonyl (C=O) groups excluding carboxylic acids is 1. The molecule has 0 aliphatic carbocycles. The van der Waals surface area contributed by atoms with Crippen LogP contribution in [0, 0.1) is 17.1 Å². The lowest BCUT2D eigenvalue weighted by Gasteiger charge is -2.14. The van der Waals surface area contributed by atoms with Crippen molar-refractivity contribution in [3.8, 4) is 17.6 Å². The van der Waals surface area contributed by atoms with E-state index < -0.39 is 5.91 Å². The zero-order chi connectivity index (χ0) is 21.4. The maximum Gasteiger partial charge on any atom is 0.262 e. The summed E-state index contributed by atoms with van der Waals surface area (Å²) in [5.41, 5.74) is 0.983. The maximum atomic E-state index is 13.8. The van der Waals surface area contributed by atoms with Crippen LogP contribution in [-0.2, 0) is 11.4 Å². The Labute approximate surface area is 178 Å². The van der Waals surface area contributed by atoms with Crippen LogP contribution in [0.1, 0.15) is 31.9 Å². The third-order valence-electron chi connectivity index (χ3n) is 3.79. The fourth-order valence-corrected chi connectivity index (χ4v) is 2.89. The zero-order valence-corrected chi connectivity index (χ0v) is 18.0. The molecule has 7 heteroatoms. The Bertz CT molecular complexity index is 952. The standard InChI is InChI=1S/C22H22BrFN2O3/c1-4-28-20-10-16(9-17(12-25)22(27)26-14(2)3)18(23)11-21(20)29-13-15-7-5-6-8-19(15)24/h5-11,14H,4,13H2,1-3H3,(H,26,27)/b17-9-. The minimum absolute atomic E-state index is 0.0260. The predicted octanol–water partition coefficient (Wildman–Crippen LogP) is 5.00. The summed E-state index contributed by atoms with van der Waals surface area (Å²) in [4.78, 5) is 12.2. The SMILES string of the molecule is CCOc1cc(/C=C(/C#N)C(=O)NC(C)C)c(Br)cc1OCc1ccccc1F. The number of rotatable bonds is 8. The fraction of sp³-hybridized carbons (Fsp3) is 0.273. The third-order valence-corrected chi connectivity index (χ3v) is 4.48. The molecular weight excluding hydrogens is 439 g/mol. The Balaban J connectivity index is 2.33. The van der Waals surface area contributed by atoms with Gasteiger partial charge in [-0.3, -0.25) is 4.79 Å². The quantitative estimate of drug-likeness (QED) is 0.444. The lowest BCUT2D eigenvalue weighted by molar-refractivity contribution is -0.117. The molecule has 5 nitrogen and oxygen atoms in total. The van der Waals surface area contributed by atoms with Crippen LogP contribution in [0.25, 0.3) is 6.08 Å². The molecule has 0 bridgehead atoms. The Morgan fingerprint density at radius 3 is 2.59 bits per heavy atom. The van der Waals surface area contributed by atoms with E-state index >= 15 is 0 Å². The largest absolute Gasteiger partial charge is 0.490 e. The molecule has 0 fully saturated rings. The number of benzene rings is 2. The van der Waals surface area contributed by atoms with Crippen LogP contribution in [0.15, 0.2) is 46.4 Å². The van der Waals surface area contributed by atoms with Gasteiger partial charge in [-0.15, -0.1) is 0 Å². The van der Waals surface area contributed by atoms with Gasteiger partial charge in [0, 0.05) is 16.1 Å². The normalized spacial score (nSPS) is 11.1. The molecule has 0 aliphatic rings.